The summed E-state index contributed by atoms with van der Waals surface area (Å²) < 4.78 is 0. The van der Waals surface area contributed by atoms with Gasteiger partial charge >= 0.3 is 0 Å². The highest BCUT2D eigenvalue weighted by molar-refractivity contribution is 6.08. The first-order chi connectivity index (χ1) is 6.88. The SMILES string of the molecule is O=C(c1ccccc1)c1cc[nH+]cc1. The molecule has 0 radical (unpaired) electrons. The molecular weight excluding hydrogens is 174 g/mol. The van der Waals surface area contributed by atoms with Crippen molar-refractivity contribution >= 4 is 5.78 Å². The molecule has 1 aromatic carbocycles. The zero-order valence-electron chi connectivity index (χ0n) is 7.60. The quantitative estimate of drug-likeness (QED) is 0.654. The molecule has 0 saturated heterocycles. The number of aromatic nitrogens is 1. The summed E-state index contributed by atoms with van der Waals surface area (Å²) in [4.78, 5) is 14.7. The van der Waals surface area contributed by atoms with Crippen molar-refractivity contribution in [3.05, 3.63) is 66.0 Å². The van der Waals surface area contributed by atoms with Crippen LogP contribution in [0.3, 0.4) is 0 Å². The van der Waals surface area contributed by atoms with Crippen LogP contribution >= 0.6 is 0 Å². The molecule has 1 aromatic heterocycles. The molecule has 0 atom stereocenters. The van der Waals surface area contributed by atoms with Crippen molar-refractivity contribution in [3.63, 3.8) is 0 Å². The number of rotatable bonds is 2. The lowest BCUT2D eigenvalue weighted by molar-refractivity contribution is -0.378. The fourth-order valence-corrected chi connectivity index (χ4v) is 1.29. The van der Waals surface area contributed by atoms with Crippen molar-refractivity contribution in [2.45, 2.75) is 0 Å². The Bertz CT molecular complexity index is 381. The minimum absolute atomic E-state index is 0.0552. The summed E-state index contributed by atoms with van der Waals surface area (Å²) in [6.45, 7) is 0. The molecule has 14 heavy (non-hydrogen) atoms. The second-order valence-electron chi connectivity index (χ2n) is 2.98. The molecule has 0 fully saturated rings. The van der Waals surface area contributed by atoms with Crippen molar-refractivity contribution in [3.8, 4) is 0 Å². The lowest BCUT2D eigenvalue weighted by Gasteiger charge is -1.97. The second kappa shape index (κ2) is 3.83. The molecule has 2 rings (SSSR count). The van der Waals surface area contributed by atoms with Gasteiger partial charge in [-0.15, -0.1) is 0 Å². The van der Waals surface area contributed by atoms with Gasteiger partial charge in [-0.3, -0.25) is 4.79 Å². The Balaban J connectivity index is 2.35. The molecule has 2 aromatic rings. The van der Waals surface area contributed by atoms with E-state index in [9.17, 15) is 4.79 Å². The maximum Gasteiger partial charge on any atom is 0.193 e. The van der Waals surface area contributed by atoms with Gasteiger partial charge in [-0.1, -0.05) is 30.3 Å². The monoisotopic (exact) mass is 184 g/mol. The number of carbonyl (C=O) groups excluding carboxylic acids is 1. The van der Waals surface area contributed by atoms with Crippen LogP contribution in [0.4, 0.5) is 0 Å². The van der Waals surface area contributed by atoms with Crippen molar-refractivity contribution in [1.29, 1.82) is 0 Å². The molecule has 0 spiro atoms. The normalized spacial score (nSPS) is 9.71. The Morgan fingerprint density at radius 3 is 2.07 bits per heavy atom. The molecule has 0 saturated carbocycles. The van der Waals surface area contributed by atoms with E-state index in [2.05, 4.69) is 4.98 Å². The molecule has 1 N–H and O–H groups in total. The van der Waals surface area contributed by atoms with Crippen LogP contribution in [0, 0.1) is 0 Å². The number of nitrogens with one attached hydrogen (secondary N) is 1. The first-order valence-corrected chi connectivity index (χ1v) is 4.44. The lowest BCUT2D eigenvalue weighted by Crippen LogP contribution is -2.05. The molecule has 0 amide bonds. The minimum atomic E-state index is 0.0552. The maximum absolute atomic E-state index is 11.8. The van der Waals surface area contributed by atoms with Gasteiger partial charge in [-0.25, -0.2) is 4.98 Å². The molecule has 2 heteroatoms. The van der Waals surface area contributed by atoms with Gasteiger partial charge in [0.25, 0.3) is 0 Å². The third-order valence-corrected chi connectivity index (χ3v) is 2.02. The van der Waals surface area contributed by atoms with Crippen LogP contribution in [0.2, 0.25) is 0 Å². The fourth-order valence-electron chi connectivity index (χ4n) is 1.29. The standard InChI is InChI=1S/C12H9NO/c14-12(10-4-2-1-3-5-10)11-6-8-13-9-7-11/h1-9H/p+1. The van der Waals surface area contributed by atoms with Gasteiger partial charge in [0, 0.05) is 23.3 Å². The zero-order chi connectivity index (χ0) is 9.80. The largest absolute Gasteiger partial charge is 0.289 e. The summed E-state index contributed by atoms with van der Waals surface area (Å²) >= 11 is 0. The number of H-pyrrole nitrogens is 1. The van der Waals surface area contributed by atoms with Crippen molar-refractivity contribution in [2.24, 2.45) is 0 Å². The van der Waals surface area contributed by atoms with Crippen LogP contribution in [0.15, 0.2) is 54.9 Å². The molecular formula is C12H10NO+. The molecule has 0 aliphatic rings. The highest BCUT2D eigenvalue weighted by Crippen LogP contribution is 2.07. The Morgan fingerprint density at radius 2 is 1.43 bits per heavy atom. The van der Waals surface area contributed by atoms with Crippen molar-refractivity contribution in [1.82, 2.24) is 0 Å². The van der Waals surface area contributed by atoms with E-state index >= 15 is 0 Å². The van der Waals surface area contributed by atoms with Crippen LogP contribution in [0.25, 0.3) is 0 Å². The van der Waals surface area contributed by atoms with Gasteiger partial charge in [-0.2, -0.15) is 0 Å². The third kappa shape index (κ3) is 1.69. The van der Waals surface area contributed by atoms with Crippen LogP contribution in [-0.2, 0) is 0 Å². The summed E-state index contributed by atoms with van der Waals surface area (Å²) in [5.41, 5.74) is 1.42. The smallest absolute Gasteiger partial charge is 0.193 e. The summed E-state index contributed by atoms with van der Waals surface area (Å²) in [5.74, 6) is 0.0552. The summed E-state index contributed by atoms with van der Waals surface area (Å²) in [6.07, 6.45) is 3.49. The van der Waals surface area contributed by atoms with Gasteiger partial charge in [-0.05, 0) is 0 Å². The molecule has 2 nitrogen and oxygen atoms in total. The van der Waals surface area contributed by atoms with E-state index in [0.29, 0.717) is 5.56 Å². The predicted octanol–water partition coefficient (Wildman–Crippen LogP) is 1.73. The van der Waals surface area contributed by atoms with Crippen LogP contribution in [-0.4, -0.2) is 5.78 Å². The number of aromatic amines is 1. The van der Waals surface area contributed by atoms with Gasteiger partial charge in [0.05, 0.1) is 0 Å². The van der Waals surface area contributed by atoms with Crippen LogP contribution in [0.5, 0.6) is 0 Å². The molecule has 0 bridgehead atoms. The Hall–Kier alpha value is -1.96. The fraction of sp³-hybridized carbons (Fsp3) is 0. The molecule has 0 unspecified atom stereocenters. The molecule has 0 aliphatic carbocycles. The molecule has 1 heterocycles. The first-order valence-electron chi connectivity index (χ1n) is 4.44. The Morgan fingerprint density at radius 1 is 0.857 bits per heavy atom. The van der Waals surface area contributed by atoms with Crippen molar-refractivity contribution in [2.75, 3.05) is 0 Å². The number of benzene rings is 1. The topological polar surface area (TPSA) is 31.2 Å². The van der Waals surface area contributed by atoms with Gasteiger partial charge < -0.3 is 0 Å². The summed E-state index contributed by atoms with van der Waals surface area (Å²) in [6, 6.07) is 12.8. The molecule has 0 aliphatic heterocycles. The highest BCUT2D eigenvalue weighted by atomic mass is 16.1. The van der Waals surface area contributed by atoms with E-state index < -0.39 is 0 Å². The summed E-state index contributed by atoms with van der Waals surface area (Å²) in [7, 11) is 0. The van der Waals surface area contributed by atoms with Crippen LogP contribution < -0.4 is 4.98 Å². The van der Waals surface area contributed by atoms with Crippen LogP contribution in [0.1, 0.15) is 15.9 Å². The highest BCUT2D eigenvalue weighted by Gasteiger charge is 2.07. The van der Waals surface area contributed by atoms with Crippen molar-refractivity contribution < 1.29 is 9.78 Å². The average molecular weight is 184 g/mol. The van der Waals surface area contributed by atoms with Gasteiger partial charge in [0.15, 0.2) is 18.2 Å². The first kappa shape index (κ1) is 8.63. The average Bonchev–Trinajstić information content (AvgIpc) is 2.30. The third-order valence-electron chi connectivity index (χ3n) is 2.02. The number of hydrogen-bond donors (Lipinski definition) is 0. The Labute approximate surface area is 82.2 Å². The second-order valence-corrected chi connectivity index (χ2v) is 2.98. The number of ketones is 1. The summed E-state index contributed by atoms with van der Waals surface area (Å²) in [5, 5.41) is 0. The van der Waals surface area contributed by atoms with E-state index in [0.717, 1.165) is 5.56 Å². The van der Waals surface area contributed by atoms with E-state index in [1.165, 1.54) is 0 Å². The van der Waals surface area contributed by atoms with E-state index in [-0.39, 0.29) is 5.78 Å². The zero-order valence-corrected chi connectivity index (χ0v) is 7.60. The number of pyridine rings is 1. The van der Waals surface area contributed by atoms with Gasteiger partial charge in [0.1, 0.15) is 0 Å². The van der Waals surface area contributed by atoms with E-state index in [4.69, 9.17) is 0 Å². The lowest BCUT2D eigenvalue weighted by atomic mass is 10.1. The van der Waals surface area contributed by atoms with E-state index in [1.54, 1.807) is 24.5 Å². The Kier molecular flexibility index (Phi) is 2.36. The van der Waals surface area contributed by atoms with Gasteiger partial charge in [0.2, 0.25) is 0 Å². The predicted molar refractivity (Wildman–Crippen MR) is 52.9 cm³/mol. The minimum Gasteiger partial charge on any atom is -0.289 e. The van der Waals surface area contributed by atoms with E-state index in [1.807, 2.05) is 30.3 Å². The molecule has 68 valence electrons. The number of hydrogen-bond acceptors (Lipinski definition) is 1. The maximum atomic E-state index is 11.8. The number of carbonyl (C=O) groups is 1.